The molecule has 11 heteroatoms. The van der Waals surface area contributed by atoms with E-state index in [4.69, 9.17) is 9.84 Å². The first-order valence-corrected chi connectivity index (χ1v) is 14.7. The van der Waals surface area contributed by atoms with Crippen LogP contribution < -0.4 is 14.5 Å². The summed E-state index contributed by atoms with van der Waals surface area (Å²) in [5.41, 5.74) is 2.90. The molecule has 0 aliphatic carbocycles. The quantitative estimate of drug-likeness (QED) is 0.307. The van der Waals surface area contributed by atoms with Crippen LogP contribution in [0.5, 0.6) is 5.75 Å². The number of benzene rings is 1. The predicted molar refractivity (Wildman–Crippen MR) is 155 cm³/mol. The molecular formula is C31H28N4O6S. The van der Waals surface area contributed by atoms with Crippen molar-refractivity contribution in [1.29, 1.82) is 0 Å². The molecule has 4 aromatic rings. The number of carboxylic acids is 1. The molecule has 0 saturated heterocycles. The lowest BCUT2D eigenvalue weighted by atomic mass is 10.1. The van der Waals surface area contributed by atoms with E-state index in [1.807, 2.05) is 24.0 Å². The summed E-state index contributed by atoms with van der Waals surface area (Å²) in [6, 6.07) is 18.2. The van der Waals surface area contributed by atoms with E-state index >= 15 is 0 Å². The first-order valence-electron chi connectivity index (χ1n) is 13.2. The van der Waals surface area contributed by atoms with Gasteiger partial charge in [-0.2, -0.15) is 0 Å². The number of hydrogen-bond donors (Lipinski definition) is 1. The Hall–Kier alpha value is -4.95. The zero-order chi connectivity index (χ0) is 30.0. The second-order valence-corrected chi connectivity index (χ2v) is 11.7. The number of hydrogen-bond acceptors (Lipinski definition) is 8. The van der Waals surface area contributed by atoms with E-state index in [2.05, 4.69) is 22.1 Å². The third-order valence-electron chi connectivity index (χ3n) is 6.91. The van der Waals surface area contributed by atoms with Crippen LogP contribution in [-0.4, -0.2) is 55.6 Å². The number of amides is 1. The Kier molecular flexibility index (Phi) is 7.83. The Morgan fingerprint density at radius 3 is 2.60 bits per heavy atom. The molecule has 1 aliphatic heterocycles. The molecule has 1 amide bonds. The standard InChI is InChI=1S/C31H28N4O6S/c1-4-35-29-25(31(38)34(3)26-9-6-13-32-30(26)35)17-22(19-33-29)12-14-41-27-11-10-24(15-20(27)2)42(39,40)23-8-5-7-21(16-23)18-28(36)37/h5-9,13,15-17,19H,4,12,14,18H2,1-3H3,(H,36,37). The van der Waals surface area contributed by atoms with Gasteiger partial charge in [-0.15, -0.1) is 0 Å². The molecule has 5 rings (SSSR count). The van der Waals surface area contributed by atoms with Crippen LogP contribution in [0.1, 0.15) is 34.0 Å². The van der Waals surface area contributed by atoms with Crippen molar-refractivity contribution in [2.75, 3.05) is 30.0 Å². The average molecular weight is 585 g/mol. The summed E-state index contributed by atoms with van der Waals surface area (Å²) >= 11 is 0. The van der Waals surface area contributed by atoms with Crippen molar-refractivity contribution in [2.45, 2.75) is 36.5 Å². The minimum atomic E-state index is -3.94. The molecule has 0 fully saturated rings. The van der Waals surface area contributed by atoms with Crippen LogP contribution in [0, 0.1) is 19.1 Å². The molecule has 0 atom stereocenters. The second kappa shape index (κ2) is 11.5. The van der Waals surface area contributed by atoms with Gasteiger partial charge in [0.15, 0.2) is 11.6 Å². The maximum atomic E-state index is 13.3. The van der Waals surface area contributed by atoms with Crippen molar-refractivity contribution in [3.63, 3.8) is 0 Å². The highest BCUT2D eigenvalue weighted by Gasteiger charge is 2.30. The maximum absolute atomic E-state index is 13.3. The highest BCUT2D eigenvalue weighted by atomic mass is 32.2. The molecule has 214 valence electrons. The summed E-state index contributed by atoms with van der Waals surface area (Å²) in [6.45, 7) is 4.50. The minimum absolute atomic E-state index is 0.0182. The van der Waals surface area contributed by atoms with Gasteiger partial charge in [0.25, 0.3) is 5.91 Å². The third kappa shape index (κ3) is 5.49. The van der Waals surface area contributed by atoms with Crippen LogP contribution in [0.3, 0.4) is 0 Å². The number of carbonyl (C=O) groups is 2. The second-order valence-electron chi connectivity index (χ2n) is 9.76. The van der Waals surface area contributed by atoms with Gasteiger partial charge in [0.2, 0.25) is 9.84 Å². The van der Waals surface area contributed by atoms with Crippen LogP contribution in [0.2, 0.25) is 0 Å². The lowest BCUT2D eigenvalue weighted by molar-refractivity contribution is -0.136. The monoisotopic (exact) mass is 584 g/mol. The van der Waals surface area contributed by atoms with Gasteiger partial charge < -0.3 is 19.6 Å². The molecule has 2 aromatic heterocycles. The van der Waals surface area contributed by atoms with Crippen LogP contribution in [-0.2, 0) is 27.5 Å². The van der Waals surface area contributed by atoms with Gasteiger partial charge in [-0.1, -0.05) is 12.1 Å². The summed E-state index contributed by atoms with van der Waals surface area (Å²) < 4.78 is 32.2. The molecule has 42 heavy (non-hydrogen) atoms. The topological polar surface area (TPSA) is 130 Å². The van der Waals surface area contributed by atoms with E-state index in [9.17, 15) is 18.0 Å². The number of carbonyl (C=O) groups excluding carboxylic acids is 1. The third-order valence-corrected chi connectivity index (χ3v) is 8.58. The Morgan fingerprint density at radius 2 is 1.86 bits per heavy atom. The fourth-order valence-corrected chi connectivity index (χ4v) is 6.10. The van der Waals surface area contributed by atoms with E-state index < -0.39 is 15.8 Å². The number of rotatable bonds is 9. The average Bonchev–Trinajstić information content (AvgIpc) is 3.06. The molecule has 1 aliphatic rings. The highest BCUT2D eigenvalue weighted by Crippen LogP contribution is 2.37. The van der Waals surface area contributed by atoms with Crippen LogP contribution in [0.15, 0.2) is 70.7 Å². The zero-order valence-electron chi connectivity index (χ0n) is 23.3. The predicted octanol–water partition coefficient (Wildman–Crippen LogP) is 4.21. The van der Waals surface area contributed by atoms with Gasteiger partial charge in [0.1, 0.15) is 10.7 Å². The number of fused-ring (bicyclic) bond motifs is 2. The summed E-state index contributed by atoms with van der Waals surface area (Å²) in [6.07, 6.45) is 3.56. The maximum Gasteiger partial charge on any atom is 0.307 e. The fraction of sp³-hybridized carbons (Fsp3) is 0.226. The molecule has 0 radical (unpaired) electrons. The fourth-order valence-electron chi connectivity index (χ4n) is 4.76. The Balaban J connectivity index is 1.31. The van der Waals surface area contributed by atoms with Crippen molar-refractivity contribution in [2.24, 2.45) is 0 Å². The number of ether oxygens (including phenoxy) is 1. The lowest BCUT2D eigenvalue weighted by Crippen LogP contribution is -2.25. The lowest BCUT2D eigenvalue weighted by Gasteiger charge is -2.22. The Labute approximate surface area is 244 Å². The normalized spacial score (nSPS) is 12.7. The van der Waals surface area contributed by atoms with Gasteiger partial charge in [-0.3, -0.25) is 9.59 Å². The van der Waals surface area contributed by atoms with Gasteiger partial charge in [-0.05, 0) is 73.5 Å². The number of aliphatic carboxylic acids is 1. The molecule has 0 spiro atoms. The van der Waals surface area contributed by atoms with E-state index in [0.717, 1.165) is 5.56 Å². The SMILES string of the molecule is CCN1c2ncc(CCOc3c#cc(S(=O)(=O)c4cccc(CC(=O)O)c4)cc3C)cc2C(=O)N(C)c2cccnc21. The van der Waals surface area contributed by atoms with Gasteiger partial charge in [0, 0.05) is 38.0 Å². The largest absolute Gasteiger partial charge is 0.485 e. The number of pyridine rings is 2. The Morgan fingerprint density at radius 1 is 1.05 bits per heavy atom. The van der Waals surface area contributed by atoms with Crippen LogP contribution in [0.4, 0.5) is 17.3 Å². The molecule has 0 unspecified atom stereocenters. The number of aryl methyl sites for hydroxylation is 1. The Bertz CT molecular complexity index is 1790. The van der Waals surface area contributed by atoms with Crippen molar-refractivity contribution in [3.8, 4) is 5.75 Å². The molecule has 0 saturated carbocycles. The zero-order valence-corrected chi connectivity index (χ0v) is 24.1. The van der Waals surface area contributed by atoms with Crippen molar-refractivity contribution in [3.05, 3.63) is 95.3 Å². The van der Waals surface area contributed by atoms with E-state index in [-0.39, 0.29) is 28.7 Å². The molecular weight excluding hydrogens is 556 g/mol. The number of aromatic nitrogens is 2. The summed E-state index contributed by atoms with van der Waals surface area (Å²) in [5.74, 6) is 0.327. The van der Waals surface area contributed by atoms with Crippen molar-refractivity contribution in [1.82, 2.24) is 9.97 Å². The summed E-state index contributed by atoms with van der Waals surface area (Å²) in [5, 5.41) is 9.03. The number of sulfone groups is 1. The summed E-state index contributed by atoms with van der Waals surface area (Å²) in [7, 11) is -2.22. The van der Waals surface area contributed by atoms with E-state index in [1.54, 1.807) is 43.4 Å². The number of anilines is 3. The highest BCUT2D eigenvalue weighted by molar-refractivity contribution is 7.91. The van der Waals surface area contributed by atoms with Crippen LogP contribution >= 0.6 is 0 Å². The smallest absolute Gasteiger partial charge is 0.307 e. The molecule has 2 aromatic carbocycles. The minimum Gasteiger partial charge on any atom is -0.485 e. The first kappa shape index (κ1) is 28.6. The number of carboxylic acid groups (broad SMARTS) is 1. The molecule has 1 N–H and O–H groups in total. The van der Waals surface area contributed by atoms with Gasteiger partial charge in [-0.25, -0.2) is 18.4 Å². The van der Waals surface area contributed by atoms with Gasteiger partial charge >= 0.3 is 5.97 Å². The molecule has 10 nitrogen and oxygen atoms in total. The van der Waals surface area contributed by atoms with Crippen LogP contribution in [0.25, 0.3) is 0 Å². The van der Waals surface area contributed by atoms with Crippen molar-refractivity contribution < 1.29 is 27.9 Å². The molecule has 0 bridgehead atoms. The summed E-state index contributed by atoms with van der Waals surface area (Å²) in [4.78, 5) is 36.9. The van der Waals surface area contributed by atoms with E-state index in [1.165, 1.54) is 24.3 Å². The number of nitrogens with zero attached hydrogens (tertiary/aromatic N) is 4. The molecule has 3 heterocycles. The van der Waals surface area contributed by atoms with Crippen molar-refractivity contribution >= 4 is 39.0 Å². The van der Waals surface area contributed by atoms with E-state index in [0.29, 0.717) is 52.7 Å². The first-order chi connectivity index (χ1) is 20.1. The van der Waals surface area contributed by atoms with Gasteiger partial charge in [0.05, 0.1) is 29.2 Å².